The third-order valence-corrected chi connectivity index (χ3v) is 5.80. The smallest absolute Gasteiger partial charge is 0.118 e. The topological polar surface area (TPSA) is 9.23 Å². The van der Waals surface area contributed by atoms with Gasteiger partial charge in [-0.1, -0.05) is 28.1 Å². The van der Waals surface area contributed by atoms with Gasteiger partial charge in [0.15, 0.2) is 0 Å². The summed E-state index contributed by atoms with van der Waals surface area (Å²) in [6, 6.07) is 10.3. The summed E-state index contributed by atoms with van der Waals surface area (Å²) >= 11 is 9.15. The van der Waals surface area contributed by atoms with Crippen LogP contribution in [0.1, 0.15) is 20.1 Å². The maximum absolute atomic E-state index is 5.16. The first kappa shape index (κ1) is 13.1. The molecule has 1 unspecified atom stereocenters. The predicted molar refractivity (Wildman–Crippen MR) is 80.5 cm³/mol. The Balaban J connectivity index is 2.30. The second kappa shape index (κ2) is 5.55. The van der Waals surface area contributed by atoms with E-state index in [4.69, 9.17) is 4.74 Å². The van der Waals surface area contributed by atoms with Crippen molar-refractivity contribution in [2.75, 3.05) is 7.11 Å². The molecule has 0 bridgehead atoms. The van der Waals surface area contributed by atoms with Crippen molar-refractivity contribution >= 4 is 43.2 Å². The van der Waals surface area contributed by atoms with E-state index in [2.05, 4.69) is 57.0 Å². The Morgan fingerprint density at radius 2 is 1.88 bits per heavy atom. The molecule has 0 aliphatic carbocycles. The number of alkyl halides is 1. The molecule has 0 saturated carbocycles. The zero-order chi connectivity index (χ0) is 12.4. The quantitative estimate of drug-likeness (QED) is 0.660. The number of hydrogen-bond acceptors (Lipinski definition) is 2. The van der Waals surface area contributed by atoms with Crippen molar-refractivity contribution < 1.29 is 4.74 Å². The van der Waals surface area contributed by atoms with Gasteiger partial charge in [0.1, 0.15) is 5.75 Å². The number of halogens is 2. The van der Waals surface area contributed by atoms with Crippen LogP contribution in [0, 0.1) is 6.92 Å². The van der Waals surface area contributed by atoms with E-state index in [1.165, 1.54) is 15.3 Å². The van der Waals surface area contributed by atoms with E-state index in [0.29, 0.717) is 0 Å². The number of benzene rings is 1. The van der Waals surface area contributed by atoms with Gasteiger partial charge in [0, 0.05) is 14.2 Å². The Bertz CT molecular complexity index is 505. The summed E-state index contributed by atoms with van der Waals surface area (Å²) in [4.78, 5) is 2.83. The summed E-state index contributed by atoms with van der Waals surface area (Å²) in [6.07, 6.45) is 0. The zero-order valence-electron chi connectivity index (χ0n) is 9.54. The number of ether oxygens (including phenoxy) is 1. The molecule has 4 heteroatoms. The zero-order valence-corrected chi connectivity index (χ0v) is 13.5. The first-order valence-electron chi connectivity index (χ1n) is 5.15. The summed E-state index contributed by atoms with van der Waals surface area (Å²) in [5.74, 6) is 0.884. The monoisotopic (exact) mass is 374 g/mol. The number of methoxy groups -OCH3 is 1. The van der Waals surface area contributed by atoms with Crippen molar-refractivity contribution in [2.24, 2.45) is 0 Å². The fourth-order valence-corrected chi connectivity index (χ4v) is 4.62. The van der Waals surface area contributed by atoms with Gasteiger partial charge in [-0.25, -0.2) is 0 Å². The summed E-state index contributed by atoms with van der Waals surface area (Å²) in [5.41, 5.74) is 1.23. The normalized spacial score (nSPS) is 12.5. The average molecular weight is 376 g/mol. The molecule has 2 rings (SSSR count). The summed E-state index contributed by atoms with van der Waals surface area (Å²) < 4.78 is 6.33. The Hall–Kier alpha value is -0.320. The van der Waals surface area contributed by atoms with E-state index in [9.17, 15) is 0 Å². The van der Waals surface area contributed by atoms with Crippen molar-refractivity contribution in [2.45, 2.75) is 11.8 Å². The Labute approximate surface area is 122 Å². The molecule has 1 nitrogen and oxygen atoms in total. The molecule has 90 valence electrons. The van der Waals surface area contributed by atoms with Crippen LogP contribution in [-0.4, -0.2) is 7.11 Å². The minimum absolute atomic E-state index is 0.224. The highest BCUT2D eigenvalue weighted by molar-refractivity contribution is 9.11. The highest BCUT2D eigenvalue weighted by atomic mass is 79.9. The molecule has 1 atom stereocenters. The lowest BCUT2D eigenvalue weighted by Crippen LogP contribution is -1.91. The first-order chi connectivity index (χ1) is 8.11. The lowest BCUT2D eigenvalue weighted by molar-refractivity contribution is 0.414. The Morgan fingerprint density at radius 3 is 2.35 bits per heavy atom. The maximum atomic E-state index is 5.16. The van der Waals surface area contributed by atoms with Crippen LogP contribution in [0.4, 0.5) is 0 Å². The number of rotatable bonds is 3. The third-order valence-electron chi connectivity index (χ3n) is 2.47. The highest BCUT2D eigenvalue weighted by Gasteiger charge is 2.16. The van der Waals surface area contributed by atoms with Crippen molar-refractivity contribution in [1.29, 1.82) is 0 Å². The molecule has 0 spiro atoms. The molecule has 0 radical (unpaired) electrons. The van der Waals surface area contributed by atoms with Gasteiger partial charge < -0.3 is 4.74 Å². The van der Waals surface area contributed by atoms with Crippen LogP contribution in [0.2, 0.25) is 0 Å². The predicted octanol–water partition coefficient (Wildman–Crippen LogP) is 5.31. The van der Waals surface area contributed by atoms with Crippen molar-refractivity contribution in [1.82, 2.24) is 0 Å². The molecule has 1 aromatic carbocycles. The SMILES string of the molecule is COc1ccc(C(Br)c2sc(C)cc2Br)cc1. The lowest BCUT2D eigenvalue weighted by Gasteiger charge is -2.09. The molecule has 2 aromatic rings. The fourth-order valence-electron chi connectivity index (χ4n) is 1.60. The maximum Gasteiger partial charge on any atom is 0.118 e. The number of aryl methyl sites for hydroxylation is 1. The van der Waals surface area contributed by atoms with Gasteiger partial charge >= 0.3 is 0 Å². The summed E-state index contributed by atoms with van der Waals surface area (Å²) in [6.45, 7) is 2.12. The second-order valence-corrected chi connectivity index (χ2v) is 6.76. The van der Waals surface area contributed by atoms with Crippen LogP contribution in [0.25, 0.3) is 0 Å². The van der Waals surface area contributed by atoms with Crippen molar-refractivity contribution in [3.05, 3.63) is 50.1 Å². The summed E-state index contributed by atoms with van der Waals surface area (Å²) in [7, 11) is 1.68. The Kier molecular flexibility index (Phi) is 4.28. The Morgan fingerprint density at radius 1 is 1.24 bits per heavy atom. The van der Waals surface area contributed by atoms with E-state index in [0.717, 1.165) is 10.2 Å². The molecule has 0 aliphatic heterocycles. The van der Waals surface area contributed by atoms with Gasteiger partial charge in [-0.05, 0) is 46.6 Å². The van der Waals surface area contributed by atoms with E-state index >= 15 is 0 Å². The highest BCUT2D eigenvalue weighted by Crippen LogP contribution is 2.40. The van der Waals surface area contributed by atoms with Crippen molar-refractivity contribution in [3.63, 3.8) is 0 Å². The molecular weight excluding hydrogens is 364 g/mol. The standard InChI is InChI=1S/C13H12Br2OS/c1-8-7-11(14)13(17-8)12(15)9-3-5-10(16-2)6-4-9/h3-7,12H,1-2H3. The van der Waals surface area contributed by atoms with Crippen LogP contribution >= 0.6 is 43.2 Å². The van der Waals surface area contributed by atoms with Crippen molar-refractivity contribution in [3.8, 4) is 5.75 Å². The molecule has 0 amide bonds. The number of thiophene rings is 1. The third kappa shape index (κ3) is 2.92. The summed E-state index contributed by atoms with van der Waals surface area (Å²) in [5, 5.41) is 0. The van der Waals surface area contributed by atoms with Crippen LogP contribution < -0.4 is 4.74 Å². The molecule has 17 heavy (non-hydrogen) atoms. The van der Waals surface area contributed by atoms with Gasteiger partial charge in [-0.15, -0.1) is 11.3 Å². The minimum atomic E-state index is 0.224. The molecule has 0 aliphatic rings. The average Bonchev–Trinajstić information content (AvgIpc) is 2.68. The van der Waals surface area contributed by atoms with E-state index in [1.54, 1.807) is 18.4 Å². The van der Waals surface area contributed by atoms with Gasteiger partial charge in [0.05, 0.1) is 11.9 Å². The van der Waals surface area contributed by atoms with Gasteiger partial charge in [-0.2, -0.15) is 0 Å². The minimum Gasteiger partial charge on any atom is -0.497 e. The van der Waals surface area contributed by atoms with E-state index < -0.39 is 0 Å². The van der Waals surface area contributed by atoms with Gasteiger partial charge in [0.25, 0.3) is 0 Å². The van der Waals surface area contributed by atoms with E-state index in [1.807, 2.05) is 12.1 Å². The van der Waals surface area contributed by atoms with Crippen LogP contribution in [0.5, 0.6) is 5.75 Å². The lowest BCUT2D eigenvalue weighted by atomic mass is 10.1. The van der Waals surface area contributed by atoms with Crippen LogP contribution in [0.15, 0.2) is 34.8 Å². The van der Waals surface area contributed by atoms with Crippen LogP contribution in [-0.2, 0) is 0 Å². The van der Waals surface area contributed by atoms with Crippen LogP contribution in [0.3, 0.4) is 0 Å². The van der Waals surface area contributed by atoms with Gasteiger partial charge in [0.2, 0.25) is 0 Å². The molecule has 0 saturated heterocycles. The molecular formula is C13H12Br2OS. The molecule has 0 N–H and O–H groups in total. The van der Waals surface area contributed by atoms with E-state index in [-0.39, 0.29) is 4.83 Å². The molecule has 1 heterocycles. The molecule has 1 aromatic heterocycles. The number of hydrogen-bond donors (Lipinski definition) is 0. The molecule has 0 fully saturated rings. The fraction of sp³-hybridized carbons (Fsp3) is 0.231. The first-order valence-corrected chi connectivity index (χ1v) is 7.68. The van der Waals surface area contributed by atoms with Gasteiger partial charge in [-0.3, -0.25) is 0 Å². The largest absolute Gasteiger partial charge is 0.497 e. The second-order valence-electron chi connectivity index (χ2n) is 3.70.